The van der Waals surface area contributed by atoms with Crippen molar-refractivity contribution in [2.75, 3.05) is 37.6 Å². The molecule has 0 spiro atoms. The lowest BCUT2D eigenvalue weighted by Crippen LogP contribution is -2.84. The van der Waals surface area contributed by atoms with Crippen molar-refractivity contribution in [3.8, 4) is 0 Å². The highest BCUT2D eigenvalue weighted by Gasteiger charge is 2.14. The van der Waals surface area contributed by atoms with Crippen molar-refractivity contribution < 1.29 is 36.6 Å². The molecule has 0 aromatic heterocycles. The van der Waals surface area contributed by atoms with E-state index < -0.39 is 41.4 Å². The summed E-state index contributed by atoms with van der Waals surface area (Å²) in [6, 6.07) is 1.09. The maximum atomic E-state index is 10.7. The molecule has 38 heavy (non-hydrogen) atoms. The van der Waals surface area contributed by atoms with Gasteiger partial charge in [-0.2, -0.15) is 0 Å². The molecule has 0 aliphatic carbocycles. The van der Waals surface area contributed by atoms with E-state index in [0.29, 0.717) is 6.07 Å². The lowest BCUT2D eigenvalue weighted by molar-refractivity contribution is -0.655. The van der Waals surface area contributed by atoms with Gasteiger partial charge in [-0.1, -0.05) is 53.4 Å². The van der Waals surface area contributed by atoms with Crippen LogP contribution in [0.5, 0.6) is 0 Å². The van der Waals surface area contributed by atoms with E-state index in [0.717, 1.165) is 6.07 Å². The van der Waals surface area contributed by atoms with E-state index in [2.05, 4.69) is 38.3 Å². The molecule has 0 bridgehead atoms. The van der Waals surface area contributed by atoms with Crippen LogP contribution in [0.15, 0.2) is 21.9 Å². The Hall–Kier alpha value is -1.44. The second-order valence-electron chi connectivity index (χ2n) is 9.40. The fraction of sp³-hybridized carbons (Fsp3) is 0.769. The molecule has 0 aliphatic rings. The van der Waals surface area contributed by atoms with E-state index in [1.54, 1.807) is 0 Å². The first kappa shape index (κ1) is 38.7. The zero-order valence-corrected chi connectivity index (χ0v) is 25.7. The predicted molar refractivity (Wildman–Crippen MR) is 153 cm³/mol. The Morgan fingerprint density at radius 2 is 0.816 bits per heavy atom. The molecule has 1 aromatic carbocycles. The summed E-state index contributed by atoms with van der Waals surface area (Å²) in [7, 11) is -9.93. The third-order valence-electron chi connectivity index (χ3n) is 5.73. The van der Waals surface area contributed by atoms with Crippen molar-refractivity contribution >= 4 is 31.6 Å². The van der Waals surface area contributed by atoms with Gasteiger partial charge in [-0.15, -0.1) is 0 Å². The van der Waals surface area contributed by atoms with Gasteiger partial charge in [0.1, 0.15) is 20.2 Å². The van der Waals surface area contributed by atoms with Crippen LogP contribution in [-0.2, 0) is 20.2 Å². The fourth-order valence-electron chi connectivity index (χ4n) is 3.47. The Morgan fingerprint density at radius 3 is 1.03 bits per heavy atom. The smallest absolute Gasteiger partial charge is 0.126 e. The Morgan fingerprint density at radius 1 is 0.553 bits per heavy atom. The first-order valence-corrected chi connectivity index (χ1v) is 16.9. The van der Waals surface area contributed by atoms with Crippen molar-refractivity contribution in [1.29, 1.82) is 0 Å². The molecular formula is C26H54N4O6S2. The molecule has 0 saturated heterocycles. The van der Waals surface area contributed by atoms with E-state index in [9.17, 15) is 25.9 Å². The van der Waals surface area contributed by atoms with E-state index in [-0.39, 0.29) is 0 Å². The first-order valence-electron chi connectivity index (χ1n) is 14.1. The SMILES string of the molecule is CCCCC[NH2+]CCCCC.CCCCC[NH2+]CCCCC.Nc1cc(N)c(S(=O)(=O)[O-])cc1S(=O)(=O)[O-]. The average molecular weight is 583 g/mol. The number of nitrogens with two attached hydrogens (primary N) is 4. The van der Waals surface area contributed by atoms with E-state index in [4.69, 9.17) is 11.5 Å². The standard InChI is InChI=1S/2C10H23N.C6H8N2O6S2/c2*1-3-5-7-9-11-10-8-6-4-2;7-3-1-4(8)6(16(12,13)14)2-5(3)15(9,10)11/h2*11H,3-10H2,1-2H3;1-2H,7-8H2,(H,9,10,11)(H,12,13,14). The van der Waals surface area contributed by atoms with Crippen LogP contribution in [0.25, 0.3) is 0 Å². The molecule has 1 aromatic rings. The molecule has 226 valence electrons. The normalized spacial score (nSPS) is 11.3. The van der Waals surface area contributed by atoms with Crippen LogP contribution in [-0.4, -0.2) is 52.1 Å². The van der Waals surface area contributed by atoms with Crippen molar-refractivity contribution in [1.82, 2.24) is 0 Å². The van der Waals surface area contributed by atoms with Gasteiger partial charge in [0, 0.05) is 0 Å². The van der Waals surface area contributed by atoms with Gasteiger partial charge in [-0.25, -0.2) is 16.8 Å². The van der Waals surface area contributed by atoms with Gasteiger partial charge in [0.15, 0.2) is 0 Å². The Labute approximate surface area is 232 Å². The maximum absolute atomic E-state index is 10.7. The summed E-state index contributed by atoms with van der Waals surface area (Å²) < 4.78 is 64.0. The minimum Gasteiger partial charge on any atom is -0.744 e. The summed E-state index contributed by atoms with van der Waals surface area (Å²) in [4.78, 5) is -1.98. The minimum absolute atomic E-state index is 0.356. The predicted octanol–water partition coefficient (Wildman–Crippen LogP) is 2.52. The molecular weight excluding hydrogens is 528 g/mol. The number of quaternary nitrogens is 2. The fourth-order valence-corrected chi connectivity index (χ4v) is 4.77. The molecule has 0 heterocycles. The van der Waals surface area contributed by atoms with E-state index in [1.807, 2.05) is 0 Å². The van der Waals surface area contributed by atoms with Crippen LogP contribution in [0.1, 0.15) is 105 Å². The molecule has 0 saturated carbocycles. The average Bonchev–Trinajstić information content (AvgIpc) is 2.82. The van der Waals surface area contributed by atoms with Crippen LogP contribution in [0.4, 0.5) is 11.4 Å². The van der Waals surface area contributed by atoms with Crippen molar-refractivity contribution in [3.63, 3.8) is 0 Å². The molecule has 0 unspecified atom stereocenters. The number of hydrogen-bond donors (Lipinski definition) is 4. The third kappa shape index (κ3) is 21.5. The quantitative estimate of drug-likeness (QED) is 0.115. The summed E-state index contributed by atoms with van der Waals surface area (Å²) in [5.74, 6) is 0. The summed E-state index contributed by atoms with van der Waals surface area (Å²) >= 11 is 0. The van der Waals surface area contributed by atoms with Crippen LogP contribution >= 0.6 is 0 Å². The molecule has 0 radical (unpaired) electrons. The Bertz CT molecular complexity index is 839. The third-order valence-corrected chi connectivity index (χ3v) is 7.51. The van der Waals surface area contributed by atoms with Crippen molar-refractivity contribution in [3.05, 3.63) is 12.1 Å². The highest BCUT2D eigenvalue weighted by molar-refractivity contribution is 7.86. The zero-order valence-electron chi connectivity index (χ0n) is 24.0. The molecule has 12 heteroatoms. The lowest BCUT2D eigenvalue weighted by atomic mass is 10.2. The van der Waals surface area contributed by atoms with Crippen LogP contribution in [0.3, 0.4) is 0 Å². The van der Waals surface area contributed by atoms with Crippen LogP contribution < -0.4 is 22.1 Å². The van der Waals surface area contributed by atoms with Gasteiger partial charge in [-0.3, -0.25) is 0 Å². The molecule has 0 fully saturated rings. The first-order chi connectivity index (χ1) is 17.9. The number of benzene rings is 1. The van der Waals surface area contributed by atoms with Crippen LogP contribution in [0.2, 0.25) is 0 Å². The highest BCUT2D eigenvalue weighted by Crippen LogP contribution is 2.27. The Balaban J connectivity index is 0. The van der Waals surface area contributed by atoms with Crippen molar-refractivity contribution in [2.24, 2.45) is 0 Å². The molecule has 0 aliphatic heterocycles. The summed E-state index contributed by atoms with van der Waals surface area (Å²) in [5, 5.41) is 4.93. The monoisotopic (exact) mass is 582 g/mol. The molecule has 0 atom stereocenters. The van der Waals surface area contributed by atoms with Gasteiger partial charge in [0.2, 0.25) is 0 Å². The maximum Gasteiger partial charge on any atom is 0.126 e. The molecule has 10 nitrogen and oxygen atoms in total. The molecule has 0 amide bonds. The molecule has 1 rings (SSSR count). The van der Waals surface area contributed by atoms with Gasteiger partial charge in [0.25, 0.3) is 0 Å². The van der Waals surface area contributed by atoms with Gasteiger partial charge in [-0.05, 0) is 63.5 Å². The lowest BCUT2D eigenvalue weighted by Gasteiger charge is -2.15. The minimum atomic E-state index is -4.97. The number of rotatable bonds is 18. The largest absolute Gasteiger partial charge is 0.744 e. The second kappa shape index (κ2) is 23.4. The highest BCUT2D eigenvalue weighted by atomic mass is 32.2. The van der Waals surface area contributed by atoms with E-state index in [1.165, 1.54) is 103 Å². The summed E-state index contributed by atoms with van der Waals surface area (Å²) in [6.07, 6.45) is 16.6. The Kier molecular flexibility index (Phi) is 23.9. The summed E-state index contributed by atoms with van der Waals surface area (Å²) in [6.45, 7) is 14.4. The number of anilines is 2. The summed E-state index contributed by atoms with van der Waals surface area (Å²) in [5.41, 5.74) is 9.30. The number of unbranched alkanes of at least 4 members (excludes halogenated alkanes) is 8. The van der Waals surface area contributed by atoms with E-state index >= 15 is 0 Å². The van der Waals surface area contributed by atoms with Gasteiger partial charge >= 0.3 is 0 Å². The zero-order chi connectivity index (χ0) is 29.5. The molecule has 8 N–H and O–H groups in total. The number of hydrogen-bond acceptors (Lipinski definition) is 8. The van der Waals surface area contributed by atoms with Crippen molar-refractivity contribution in [2.45, 2.75) is 115 Å². The van der Waals surface area contributed by atoms with Crippen LogP contribution in [0, 0.1) is 0 Å². The van der Waals surface area contributed by atoms with Gasteiger partial charge < -0.3 is 31.2 Å². The van der Waals surface area contributed by atoms with Gasteiger partial charge in [0.05, 0.1) is 47.3 Å². The second-order valence-corrected chi connectivity index (χ2v) is 12.1. The topological polar surface area (TPSA) is 200 Å². The number of nitrogen functional groups attached to an aromatic ring is 2.